The Balaban J connectivity index is 1.44. The molecule has 3 atom stereocenters. The first kappa shape index (κ1) is 26.1. The quantitative estimate of drug-likeness (QED) is 0.113. The largest absolute Gasteiger partial charge is 0.504 e. The van der Waals surface area contributed by atoms with E-state index < -0.39 is 72.7 Å². The lowest BCUT2D eigenvalue weighted by molar-refractivity contribution is -0.156. The number of esters is 1. The van der Waals surface area contributed by atoms with Gasteiger partial charge in [0.1, 0.15) is 27.4 Å². The third-order valence-corrected chi connectivity index (χ3v) is 9.31. The van der Waals surface area contributed by atoms with Crippen molar-refractivity contribution in [2.24, 2.45) is 4.99 Å². The third kappa shape index (κ3) is 4.19. The number of halogens is 1. The zero-order chi connectivity index (χ0) is 27.3. The van der Waals surface area contributed by atoms with E-state index in [2.05, 4.69) is 4.99 Å². The van der Waals surface area contributed by atoms with Crippen LogP contribution >= 0.6 is 11.6 Å². The van der Waals surface area contributed by atoms with E-state index in [0.717, 1.165) is 30.2 Å². The molecule has 2 aliphatic heterocycles. The SMILES string of the molecule is C[C@]1(C=NCC(=O)c2ccc(OC(=O)c3ccc(O)c(O)c3Cl)cc2)[C@H](C(=O)O)N2C(=O)C[C@H]2S1(=O)=O. The number of nitrogens with zero attached hydrogens (tertiary/aromatic N) is 2. The Bertz CT molecular complexity index is 1470. The molecule has 14 heteroatoms. The van der Waals surface area contributed by atoms with Crippen LogP contribution in [0.3, 0.4) is 0 Å². The number of carbonyl (C=O) groups excluding carboxylic acids is 3. The van der Waals surface area contributed by atoms with Crippen LogP contribution in [0.2, 0.25) is 5.02 Å². The number of carboxylic acids is 1. The van der Waals surface area contributed by atoms with Crippen LogP contribution in [0.5, 0.6) is 17.2 Å². The van der Waals surface area contributed by atoms with Crippen molar-refractivity contribution in [1.29, 1.82) is 0 Å². The topological polar surface area (TPSA) is 188 Å². The molecule has 2 saturated heterocycles. The minimum absolute atomic E-state index is 0.0386. The Morgan fingerprint density at radius 3 is 2.43 bits per heavy atom. The minimum atomic E-state index is -4.09. The average Bonchev–Trinajstić information content (AvgIpc) is 2.97. The van der Waals surface area contributed by atoms with Crippen molar-refractivity contribution < 1.29 is 47.7 Å². The van der Waals surface area contributed by atoms with Gasteiger partial charge in [0.25, 0.3) is 0 Å². The van der Waals surface area contributed by atoms with E-state index in [1.54, 1.807) is 0 Å². The van der Waals surface area contributed by atoms with Gasteiger partial charge in [0, 0.05) is 11.8 Å². The molecule has 0 radical (unpaired) electrons. The van der Waals surface area contributed by atoms with Gasteiger partial charge in [-0.05, 0) is 43.3 Å². The molecule has 0 saturated carbocycles. The molecule has 194 valence electrons. The maximum Gasteiger partial charge on any atom is 0.345 e. The number of aliphatic imine (C=N–C) groups is 1. The first-order valence-corrected chi connectivity index (χ1v) is 12.6. The molecule has 2 aliphatic rings. The molecule has 0 bridgehead atoms. The molecule has 0 spiro atoms. The molecule has 12 nitrogen and oxygen atoms in total. The molecule has 1 amide bonds. The maximum absolute atomic E-state index is 12.9. The van der Waals surface area contributed by atoms with Gasteiger partial charge in [-0.3, -0.25) is 14.6 Å². The van der Waals surface area contributed by atoms with Gasteiger partial charge in [-0.2, -0.15) is 0 Å². The third-order valence-electron chi connectivity index (χ3n) is 6.26. The van der Waals surface area contributed by atoms with Crippen molar-refractivity contribution in [2.45, 2.75) is 29.5 Å². The standard InChI is InChI=1S/C23H19ClN2O10S/c1-23(20(21(31)32)26-16(29)8-17(26)37(23,34)35)10-25-9-15(28)11-2-4-12(5-3-11)36-22(33)13-6-7-14(27)19(30)18(13)24/h2-7,10,17,20,27,30H,8-9H2,1H3,(H,31,32)/t17-,20+,23+/m1/s1. The number of Topliss-reactive ketones (excluding diaryl/α,β-unsaturated/α-hetero) is 1. The summed E-state index contributed by atoms with van der Waals surface area (Å²) in [5, 5.41) is 27.0. The van der Waals surface area contributed by atoms with Crippen LogP contribution < -0.4 is 4.74 Å². The van der Waals surface area contributed by atoms with Gasteiger partial charge < -0.3 is 25.0 Å². The van der Waals surface area contributed by atoms with Gasteiger partial charge in [-0.15, -0.1) is 0 Å². The molecule has 3 N–H and O–H groups in total. The predicted molar refractivity (Wildman–Crippen MR) is 128 cm³/mol. The lowest BCUT2D eigenvalue weighted by atomic mass is 9.97. The number of phenolic OH excluding ortho intramolecular Hbond substituents is 2. The van der Waals surface area contributed by atoms with Crippen molar-refractivity contribution in [1.82, 2.24) is 4.90 Å². The summed E-state index contributed by atoms with van der Waals surface area (Å²) in [5.41, 5.74) is -0.0570. The fourth-order valence-electron chi connectivity index (χ4n) is 4.19. The van der Waals surface area contributed by atoms with Crippen LogP contribution in [0.1, 0.15) is 34.1 Å². The Labute approximate surface area is 214 Å². The summed E-state index contributed by atoms with van der Waals surface area (Å²) in [4.78, 5) is 53.1. The summed E-state index contributed by atoms with van der Waals surface area (Å²) >= 11 is 5.84. The highest BCUT2D eigenvalue weighted by atomic mass is 35.5. The lowest BCUT2D eigenvalue weighted by Crippen LogP contribution is -2.57. The lowest BCUT2D eigenvalue weighted by Gasteiger charge is -2.35. The highest BCUT2D eigenvalue weighted by Crippen LogP contribution is 2.45. The summed E-state index contributed by atoms with van der Waals surface area (Å²) in [6.45, 7) is 0.654. The highest BCUT2D eigenvalue weighted by molar-refractivity contribution is 7.94. The monoisotopic (exact) mass is 550 g/mol. The number of hydrogen-bond acceptors (Lipinski definition) is 10. The number of phenols is 2. The van der Waals surface area contributed by atoms with E-state index in [-0.39, 0.29) is 23.3 Å². The van der Waals surface area contributed by atoms with Crippen molar-refractivity contribution in [3.05, 3.63) is 52.5 Å². The van der Waals surface area contributed by atoms with E-state index in [4.69, 9.17) is 16.3 Å². The molecular formula is C23H19ClN2O10S. The first-order chi connectivity index (χ1) is 17.3. The van der Waals surface area contributed by atoms with Crippen molar-refractivity contribution in [3.63, 3.8) is 0 Å². The summed E-state index contributed by atoms with van der Waals surface area (Å²) in [5.74, 6) is -4.69. The number of ketones is 1. The summed E-state index contributed by atoms with van der Waals surface area (Å²) in [6.07, 6.45) is 0.600. The molecule has 2 heterocycles. The number of amides is 1. The number of carbonyl (C=O) groups is 4. The van der Waals surface area contributed by atoms with Crippen molar-refractivity contribution >= 4 is 51.3 Å². The number of β-lactam (4-membered cyclic amide) rings is 1. The number of sulfone groups is 1. The number of carboxylic acid groups (broad SMARTS) is 1. The second-order valence-corrected chi connectivity index (χ2v) is 11.4. The molecule has 0 aliphatic carbocycles. The molecule has 4 rings (SSSR count). The number of aliphatic carboxylic acids is 1. The maximum atomic E-state index is 12.9. The fraction of sp³-hybridized carbons (Fsp3) is 0.261. The van der Waals surface area contributed by atoms with Gasteiger partial charge in [0.05, 0.1) is 12.0 Å². The molecule has 0 aromatic heterocycles. The van der Waals surface area contributed by atoms with Gasteiger partial charge in [-0.25, -0.2) is 18.0 Å². The molecule has 2 aromatic rings. The van der Waals surface area contributed by atoms with E-state index in [0.29, 0.717) is 0 Å². The zero-order valence-electron chi connectivity index (χ0n) is 19.0. The van der Waals surface area contributed by atoms with Crippen LogP contribution in [-0.4, -0.2) is 81.2 Å². The normalized spacial score (nSPS) is 23.9. The smallest absolute Gasteiger partial charge is 0.345 e. The van der Waals surface area contributed by atoms with Gasteiger partial charge in [0.15, 0.2) is 33.2 Å². The average molecular weight is 551 g/mol. The Kier molecular flexibility index (Phi) is 6.46. The van der Waals surface area contributed by atoms with E-state index in [9.17, 15) is 42.9 Å². The minimum Gasteiger partial charge on any atom is -0.504 e. The van der Waals surface area contributed by atoms with Crippen LogP contribution in [0, 0.1) is 0 Å². The Morgan fingerprint density at radius 1 is 1.19 bits per heavy atom. The summed E-state index contributed by atoms with van der Waals surface area (Å²) in [6, 6.07) is 5.85. The highest BCUT2D eigenvalue weighted by Gasteiger charge is 2.69. The zero-order valence-corrected chi connectivity index (χ0v) is 20.6. The molecule has 0 unspecified atom stereocenters. The number of benzene rings is 2. The molecule has 2 aromatic carbocycles. The number of ether oxygens (including phenoxy) is 1. The second-order valence-electron chi connectivity index (χ2n) is 8.53. The second kappa shape index (κ2) is 9.16. The number of hydrogen-bond donors (Lipinski definition) is 3. The summed E-state index contributed by atoms with van der Waals surface area (Å²) in [7, 11) is -4.09. The van der Waals surface area contributed by atoms with Crippen LogP contribution in [0.4, 0.5) is 0 Å². The molecule has 37 heavy (non-hydrogen) atoms. The Hall–Kier alpha value is -3.97. The summed E-state index contributed by atoms with van der Waals surface area (Å²) < 4.78 is 28.9. The van der Waals surface area contributed by atoms with E-state index in [1.807, 2.05) is 0 Å². The predicted octanol–water partition coefficient (Wildman–Crippen LogP) is 1.42. The van der Waals surface area contributed by atoms with Crippen molar-refractivity contribution in [3.8, 4) is 17.2 Å². The van der Waals surface area contributed by atoms with Crippen LogP contribution in [0.15, 0.2) is 41.4 Å². The number of aromatic hydroxyl groups is 2. The van der Waals surface area contributed by atoms with E-state index >= 15 is 0 Å². The Morgan fingerprint density at radius 2 is 1.84 bits per heavy atom. The molecular weight excluding hydrogens is 532 g/mol. The van der Waals surface area contributed by atoms with Crippen LogP contribution in [0.25, 0.3) is 0 Å². The molecule has 2 fully saturated rings. The number of fused-ring (bicyclic) bond motifs is 1. The van der Waals surface area contributed by atoms with Gasteiger partial charge in [0.2, 0.25) is 5.91 Å². The van der Waals surface area contributed by atoms with Crippen molar-refractivity contribution in [2.75, 3.05) is 6.54 Å². The first-order valence-electron chi connectivity index (χ1n) is 10.6. The number of rotatable bonds is 7. The van der Waals surface area contributed by atoms with Gasteiger partial charge >= 0.3 is 11.9 Å². The fourth-order valence-corrected chi connectivity index (χ4v) is 6.66. The van der Waals surface area contributed by atoms with Gasteiger partial charge in [-0.1, -0.05) is 11.6 Å². The van der Waals surface area contributed by atoms with E-state index in [1.165, 1.54) is 24.3 Å². The van der Waals surface area contributed by atoms with Crippen LogP contribution in [-0.2, 0) is 19.4 Å².